The molecule has 3 aromatic heterocycles. The Morgan fingerprint density at radius 2 is 0.647 bits per heavy atom. The van der Waals surface area contributed by atoms with Gasteiger partial charge in [-0.15, -0.1) is 0 Å². The zero-order chi connectivity index (χ0) is 45.0. The summed E-state index contributed by atoms with van der Waals surface area (Å²) in [4.78, 5) is 16.3. The van der Waals surface area contributed by atoms with Crippen LogP contribution >= 0.6 is 0 Å². The first-order chi connectivity index (χ1) is 33.7. The molecule has 10 aromatic carbocycles. The first-order valence-electron chi connectivity index (χ1n) is 23.0. The first-order valence-corrected chi connectivity index (χ1v) is 23.0. The van der Waals surface area contributed by atoms with Crippen molar-refractivity contribution in [2.24, 2.45) is 0 Å². The van der Waals surface area contributed by atoms with Crippen molar-refractivity contribution in [3.63, 3.8) is 0 Å². The molecule has 0 saturated carbocycles. The quantitative estimate of drug-likeness (QED) is 0.153. The van der Waals surface area contributed by atoms with Gasteiger partial charge in [-0.05, 0) is 75.3 Å². The Kier molecular flexibility index (Phi) is 9.43. The molecule has 5 heteroatoms. The van der Waals surface area contributed by atoms with Gasteiger partial charge in [-0.3, -0.25) is 4.57 Å². The molecule has 0 aliphatic rings. The lowest BCUT2D eigenvalue weighted by Crippen LogP contribution is -2.07. The van der Waals surface area contributed by atoms with Gasteiger partial charge < -0.3 is 4.57 Å². The summed E-state index contributed by atoms with van der Waals surface area (Å²) < 4.78 is 4.74. The largest absolute Gasteiger partial charge is 0.307 e. The molecule has 0 saturated heterocycles. The van der Waals surface area contributed by atoms with Crippen molar-refractivity contribution in [1.82, 2.24) is 24.1 Å². The van der Waals surface area contributed by atoms with E-state index in [1.807, 2.05) is 12.1 Å². The second kappa shape index (κ2) is 16.4. The second-order valence-corrected chi connectivity index (χ2v) is 17.2. The fourth-order valence-electron chi connectivity index (χ4n) is 10.0. The number of hydrogen-bond donors (Lipinski definition) is 0. The number of benzene rings is 10. The van der Waals surface area contributed by atoms with Crippen LogP contribution in [0.4, 0.5) is 0 Å². The molecule has 3 heterocycles. The highest BCUT2D eigenvalue weighted by Crippen LogP contribution is 2.44. The standard InChI is InChI=1S/C63H41N5/c1-5-19-42(20-6-1)46-27-17-29-49(39-46)61-64-62(50-30-18-28-47(40-50)43-21-7-2-8-22-43)66-63(65-61)68-57-34-16-14-32-52(57)54-37-36-53-51-31-13-15-33-56(51)67(59(53)60(54)68)58-38-35-48(44-23-9-3-10-24-44)41-55(58)45-25-11-4-12-26-45/h1-41H. The van der Waals surface area contributed by atoms with E-state index in [9.17, 15) is 0 Å². The smallest absolute Gasteiger partial charge is 0.238 e. The first kappa shape index (κ1) is 39.2. The normalized spacial score (nSPS) is 11.5. The van der Waals surface area contributed by atoms with Crippen LogP contribution in [0.1, 0.15) is 0 Å². The molecule has 0 aliphatic carbocycles. The number of nitrogens with zero attached hydrogens (tertiary/aromatic N) is 5. The SMILES string of the molecule is c1ccc(-c2cccc(-c3nc(-c4cccc(-c5ccccc5)c4)nc(-n4c5ccccc5c5ccc6c7ccccc7n(-c7ccc(-c8ccccc8)cc7-c7ccccc7)c6c54)n3)c2)cc1. The molecule has 68 heavy (non-hydrogen) atoms. The third-order valence-corrected chi connectivity index (χ3v) is 13.2. The molecule has 318 valence electrons. The molecule has 13 rings (SSSR count). The Morgan fingerprint density at radius 3 is 1.16 bits per heavy atom. The lowest BCUT2D eigenvalue weighted by atomic mass is 9.97. The number of aromatic nitrogens is 5. The van der Waals surface area contributed by atoms with Gasteiger partial charge in [-0.2, -0.15) is 9.97 Å². The Hall–Kier alpha value is -9.19. The maximum Gasteiger partial charge on any atom is 0.238 e. The topological polar surface area (TPSA) is 48.5 Å². The highest BCUT2D eigenvalue weighted by molar-refractivity contribution is 6.24. The van der Waals surface area contributed by atoms with E-state index in [0.29, 0.717) is 17.6 Å². The lowest BCUT2D eigenvalue weighted by Gasteiger charge is -2.17. The Labute approximate surface area is 393 Å². The Morgan fingerprint density at radius 1 is 0.250 bits per heavy atom. The van der Waals surface area contributed by atoms with Crippen molar-refractivity contribution in [2.45, 2.75) is 0 Å². The third kappa shape index (κ3) is 6.68. The molecule has 0 spiro atoms. The van der Waals surface area contributed by atoms with Gasteiger partial charge in [0.25, 0.3) is 0 Å². The van der Waals surface area contributed by atoms with Crippen LogP contribution in [0.2, 0.25) is 0 Å². The van der Waals surface area contributed by atoms with Crippen LogP contribution in [0.25, 0.3) is 123 Å². The maximum absolute atomic E-state index is 5.49. The van der Waals surface area contributed by atoms with Crippen LogP contribution in [0, 0.1) is 0 Å². The predicted molar refractivity (Wildman–Crippen MR) is 281 cm³/mol. The summed E-state index contributed by atoms with van der Waals surface area (Å²) in [5.74, 6) is 1.72. The van der Waals surface area contributed by atoms with Gasteiger partial charge in [0.2, 0.25) is 5.95 Å². The van der Waals surface area contributed by atoms with Gasteiger partial charge in [-0.1, -0.05) is 212 Å². The lowest BCUT2D eigenvalue weighted by molar-refractivity contribution is 0.953. The highest BCUT2D eigenvalue weighted by atomic mass is 15.2. The highest BCUT2D eigenvalue weighted by Gasteiger charge is 2.25. The van der Waals surface area contributed by atoms with Gasteiger partial charge in [-0.25, -0.2) is 4.98 Å². The molecule has 0 amide bonds. The van der Waals surface area contributed by atoms with Crippen LogP contribution < -0.4 is 0 Å². The summed E-state index contributed by atoms with van der Waals surface area (Å²) in [5, 5.41) is 4.54. The van der Waals surface area contributed by atoms with Gasteiger partial charge in [0.1, 0.15) is 0 Å². The second-order valence-electron chi connectivity index (χ2n) is 17.2. The predicted octanol–water partition coefficient (Wildman–Crippen LogP) is 16.1. The van der Waals surface area contributed by atoms with Crippen molar-refractivity contribution < 1.29 is 0 Å². The van der Waals surface area contributed by atoms with Gasteiger partial charge in [0, 0.05) is 38.2 Å². The summed E-state index contributed by atoms with van der Waals surface area (Å²) in [5.41, 5.74) is 16.2. The van der Waals surface area contributed by atoms with E-state index in [-0.39, 0.29) is 0 Å². The van der Waals surface area contributed by atoms with Crippen LogP contribution in [-0.2, 0) is 0 Å². The van der Waals surface area contributed by atoms with Crippen molar-refractivity contribution in [1.29, 1.82) is 0 Å². The van der Waals surface area contributed by atoms with Crippen LogP contribution in [0.3, 0.4) is 0 Å². The van der Waals surface area contributed by atoms with Gasteiger partial charge in [0.05, 0.1) is 27.8 Å². The minimum Gasteiger partial charge on any atom is -0.307 e. The van der Waals surface area contributed by atoms with Gasteiger partial charge >= 0.3 is 0 Å². The van der Waals surface area contributed by atoms with E-state index in [0.717, 1.165) is 94.0 Å². The van der Waals surface area contributed by atoms with Crippen molar-refractivity contribution in [3.8, 4) is 78.9 Å². The summed E-state index contributed by atoms with van der Waals surface area (Å²) in [6, 6.07) is 88.2. The van der Waals surface area contributed by atoms with Gasteiger partial charge in [0.15, 0.2) is 11.6 Å². The molecule has 0 unspecified atom stereocenters. The zero-order valence-electron chi connectivity index (χ0n) is 36.9. The van der Waals surface area contributed by atoms with E-state index in [1.54, 1.807) is 0 Å². The third-order valence-electron chi connectivity index (χ3n) is 13.2. The summed E-state index contributed by atoms with van der Waals surface area (Å²) >= 11 is 0. The Balaban J connectivity index is 1.13. The molecule has 0 radical (unpaired) electrons. The number of para-hydroxylation sites is 2. The molecule has 0 bridgehead atoms. The molecule has 0 aliphatic heterocycles. The fraction of sp³-hybridized carbons (Fsp3) is 0. The number of rotatable bonds is 8. The van der Waals surface area contributed by atoms with Crippen molar-refractivity contribution in [3.05, 3.63) is 249 Å². The molecular weight excluding hydrogens is 827 g/mol. The van der Waals surface area contributed by atoms with Crippen molar-refractivity contribution >= 4 is 43.6 Å². The maximum atomic E-state index is 5.49. The number of hydrogen-bond acceptors (Lipinski definition) is 3. The van der Waals surface area contributed by atoms with Crippen LogP contribution in [0.15, 0.2) is 249 Å². The van der Waals surface area contributed by atoms with Crippen LogP contribution in [-0.4, -0.2) is 24.1 Å². The summed E-state index contributed by atoms with van der Waals surface area (Å²) in [6.07, 6.45) is 0. The summed E-state index contributed by atoms with van der Waals surface area (Å²) in [6.45, 7) is 0. The van der Waals surface area contributed by atoms with E-state index in [1.165, 1.54) is 10.9 Å². The molecule has 0 atom stereocenters. The average molecular weight is 868 g/mol. The van der Waals surface area contributed by atoms with E-state index < -0.39 is 0 Å². The average Bonchev–Trinajstić information content (AvgIpc) is 3.95. The number of fused-ring (bicyclic) bond motifs is 7. The molecule has 13 aromatic rings. The van der Waals surface area contributed by atoms with Crippen molar-refractivity contribution in [2.75, 3.05) is 0 Å². The summed E-state index contributed by atoms with van der Waals surface area (Å²) in [7, 11) is 0. The fourth-order valence-corrected chi connectivity index (χ4v) is 10.0. The monoisotopic (exact) mass is 867 g/mol. The molecular formula is C63H41N5. The minimum absolute atomic E-state index is 0.540. The molecule has 0 fully saturated rings. The molecule has 0 N–H and O–H groups in total. The Bertz CT molecular complexity index is 3900. The van der Waals surface area contributed by atoms with Crippen LogP contribution in [0.5, 0.6) is 0 Å². The molecule has 5 nitrogen and oxygen atoms in total. The van der Waals surface area contributed by atoms with E-state index in [2.05, 4.69) is 246 Å². The van der Waals surface area contributed by atoms with E-state index >= 15 is 0 Å². The zero-order valence-corrected chi connectivity index (χ0v) is 36.9. The van der Waals surface area contributed by atoms with E-state index in [4.69, 9.17) is 15.0 Å². The minimum atomic E-state index is 0.540.